The molecule has 2 rings (SSSR count). The van der Waals surface area contributed by atoms with Gasteiger partial charge in [0.15, 0.2) is 0 Å². The van der Waals surface area contributed by atoms with E-state index < -0.39 is 15.8 Å². The Kier molecular flexibility index (Phi) is 8.93. The van der Waals surface area contributed by atoms with Crippen LogP contribution in [0.4, 0.5) is 15.8 Å². The van der Waals surface area contributed by atoms with Crippen LogP contribution in [0.1, 0.15) is 5.56 Å². The molecule has 0 spiro atoms. The second-order valence-electron chi connectivity index (χ2n) is 7.00. The fraction of sp³-hybridized carbons (Fsp3) is 0.381. The molecule has 0 saturated carbocycles. The standard InChI is InChI=1S/C21H28FN3O5S/c1-24(2)20-10-7-18(23-21(26)15-30-4)13-16(20)14-25(11-12-29-3)31(27,28)19-8-5-17(22)6-9-19/h5-10,13H,11-12,14-15H2,1-4H3,(H,23,26). The Hall–Kier alpha value is -2.53. The van der Waals surface area contributed by atoms with Crippen molar-refractivity contribution in [3.05, 3.63) is 53.8 Å². The van der Waals surface area contributed by atoms with Gasteiger partial charge in [0.1, 0.15) is 12.4 Å². The van der Waals surface area contributed by atoms with Gasteiger partial charge in [-0.25, -0.2) is 12.8 Å². The Morgan fingerprint density at radius 3 is 2.32 bits per heavy atom. The lowest BCUT2D eigenvalue weighted by Crippen LogP contribution is -2.34. The average Bonchev–Trinajstić information content (AvgIpc) is 2.71. The van der Waals surface area contributed by atoms with E-state index in [-0.39, 0.29) is 37.1 Å². The van der Waals surface area contributed by atoms with Gasteiger partial charge >= 0.3 is 0 Å². The lowest BCUT2D eigenvalue weighted by atomic mass is 10.1. The van der Waals surface area contributed by atoms with Crippen molar-refractivity contribution < 1.29 is 27.1 Å². The van der Waals surface area contributed by atoms with Gasteiger partial charge in [-0.15, -0.1) is 0 Å². The van der Waals surface area contributed by atoms with Crippen LogP contribution in [0.5, 0.6) is 0 Å². The van der Waals surface area contributed by atoms with Gasteiger partial charge in [-0.3, -0.25) is 4.79 Å². The van der Waals surface area contributed by atoms with Crippen LogP contribution in [0.15, 0.2) is 47.4 Å². The van der Waals surface area contributed by atoms with Gasteiger partial charge in [0.05, 0.1) is 11.5 Å². The van der Waals surface area contributed by atoms with Crippen LogP contribution in [0.25, 0.3) is 0 Å². The predicted octanol–water partition coefficient (Wildman–Crippen LogP) is 2.31. The minimum atomic E-state index is -3.91. The van der Waals surface area contributed by atoms with Crippen molar-refractivity contribution in [2.45, 2.75) is 11.4 Å². The molecule has 0 radical (unpaired) electrons. The third kappa shape index (κ3) is 6.73. The number of halogens is 1. The number of nitrogens with one attached hydrogen (secondary N) is 1. The van der Waals surface area contributed by atoms with E-state index in [1.165, 1.54) is 30.7 Å². The molecule has 1 amide bonds. The number of nitrogens with zero attached hydrogens (tertiary/aromatic N) is 2. The molecule has 0 aliphatic heterocycles. The lowest BCUT2D eigenvalue weighted by molar-refractivity contribution is -0.119. The molecule has 0 aromatic heterocycles. The van der Waals surface area contributed by atoms with Gasteiger partial charge < -0.3 is 19.7 Å². The van der Waals surface area contributed by atoms with Gasteiger partial charge in [-0.2, -0.15) is 4.31 Å². The van der Waals surface area contributed by atoms with Gasteiger partial charge in [0.25, 0.3) is 0 Å². The number of hydrogen-bond acceptors (Lipinski definition) is 6. The molecule has 0 bridgehead atoms. The maximum Gasteiger partial charge on any atom is 0.250 e. The molecule has 2 aromatic carbocycles. The average molecular weight is 454 g/mol. The van der Waals surface area contributed by atoms with Crippen molar-refractivity contribution in [2.24, 2.45) is 0 Å². The Labute approximate surface area is 182 Å². The topological polar surface area (TPSA) is 88.2 Å². The zero-order valence-electron chi connectivity index (χ0n) is 18.1. The van der Waals surface area contributed by atoms with Crippen LogP contribution < -0.4 is 10.2 Å². The molecule has 0 saturated heterocycles. The quantitative estimate of drug-likeness (QED) is 0.562. The smallest absolute Gasteiger partial charge is 0.250 e. The Morgan fingerprint density at radius 1 is 1.06 bits per heavy atom. The molecular weight excluding hydrogens is 425 g/mol. The molecule has 8 nitrogen and oxygen atoms in total. The molecule has 1 N–H and O–H groups in total. The van der Waals surface area contributed by atoms with Crippen molar-refractivity contribution in [1.29, 1.82) is 0 Å². The maximum atomic E-state index is 13.3. The first-order valence-electron chi connectivity index (χ1n) is 9.52. The molecule has 0 atom stereocenters. The summed E-state index contributed by atoms with van der Waals surface area (Å²) in [7, 11) is 2.68. The first-order valence-corrected chi connectivity index (χ1v) is 11.0. The second-order valence-corrected chi connectivity index (χ2v) is 8.94. The van der Waals surface area contributed by atoms with E-state index in [1.54, 1.807) is 18.2 Å². The highest BCUT2D eigenvalue weighted by Crippen LogP contribution is 2.27. The second kappa shape index (κ2) is 11.2. The van der Waals surface area contributed by atoms with E-state index in [2.05, 4.69) is 5.32 Å². The number of sulfonamides is 1. The highest BCUT2D eigenvalue weighted by molar-refractivity contribution is 7.89. The largest absolute Gasteiger partial charge is 0.383 e. The van der Waals surface area contributed by atoms with Gasteiger partial charge in [0.2, 0.25) is 15.9 Å². The number of hydrogen-bond donors (Lipinski definition) is 1. The minimum Gasteiger partial charge on any atom is -0.383 e. The van der Waals surface area contributed by atoms with Crippen LogP contribution >= 0.6 is 0 Å². The first kappa shape index (κ1) is 24.7. The molecular formula is C21H28FN3O5S. The van der Waals surface area contributed by atoms with Crippen LogP contribution in [0.3, 0.4) is 0 Å². The molecule has 2 aromatic rings. The summed E-state index contributed by atoms with van der Waals surface area (Å²) in [6.45, 7) is 0.222. The molecule has 170 valence electrons. The van der Waals surface area contributed by atoms with E-state index in [9.17, 15) is 17.6 Å². The third-order valence-corrected chi connectivity index (χ3v) is 6.32. The molecule has 0 heterocycles. The fourth-order valence-electron chi connectivity index (χ4n) is 2.98. The number of anilines is 2. The van der Waals surface area contributed by atoms with Crippen molar-refractivity contribution in [2.75, 3.05) is 58.3 Å². The summed E-state index contributed by atoms with van der Waals surface area (Å²) >= 11 is 0. The van der Waals surface area contributed by atoms with Crippen LogP contribution in [0.2, 0.25) is 0 Å². The summed E-state index contributed by atoms with van der Waals surface area (Å²) in [5, 5.41) is 2.73. The number of ether oxygens (including phenoxy) is 2. The molecule has 31 heavy (non-hydrogen) atoms. The molecule has 0 aliphatic rings. The van der Waals surface area contributed by atoms with E-state index in [4.69, 9.17) is 9.47 Å². The predicted molar refractivity (Wildman–Crippen MR) is 117 cm³/mol. The van der Waals surface area contributed by atoms with Crippen molar-refractivity contribution in [3.63, 3.8) is 0 Å². The van der Waals surface area contributed by atoms with Crippen LogP contribution in [0, 0.1) is 5.82 Å². The Morgan fingerprint density at radius 2 is 1.74 bits per heavy atom. The third-order valence-electron chi connectivity index (χ3n) is 4.46. The number of amides is 1. The number of benzene rings is 2. The molecule has 10 heteroatoms. The Balaban J connectivity index is 2.42. The zero-order chi connectivity index (χ0) is 23.0. The highest BCUT2D eigenvalue weighted by Gasteiger charge is 2.26. The van der Waals surface area contributed by atoms with Crippen molar-refractivity contribution in [1.82, 2.24) is 4.31 Å². The maximum absolute atomic E-state index is 13.3. The Bertz CT molecular complexity index is 981. The monoisotopic (exact) mass is 453 g/mol. The van der Waals surface area contributed by atoms with Crippen LogP contribution in [-0.4, -0.2) is 66.7 Å². The van der Waals surface area contributed by atoms with Crippen LogP contribution in [-0.2, 0) is 30.8 Å². The van der Waals surface area contributed by atoms with Crippen molar-refractivity contribution in [3.8, 4) is 0 Å². The van der Waals surface area contributed by atoms with E-state index >= 15 is 0 Å². The normalized spacial score (nSPS) is 11.5. The van der Waals surface area contributed by atoms with E-state index in [0.29, 0.717) is 11.3 Å². The highest BCUT2D eigenvalue weighted by atomic mass is 32.2. The first-order chi connectivity index (χ1) is 14.7. The van der Waals surface area contributed by atoms with E-state index in [1.807, 2.05) is 19.0 Å². The van der Waals surface area contributed by atoms with Gasteiger partial charge in [-0.05, 0) is 48.0 Å². The number of carbonyl (C=O) groups is 1. The summed E-state index contributed by atoms with van der Waals surface area (Å²) in [6, 6.07) is 9.95. The molecule has 0 unspecified atom stereocenters. The summed E-state index contributed by atoms with van der Waals surface area (Å²) in [5.74, 6) is -0.835. The summed E-state index contributed by atoms with van der Waals surface area (Å²) in [6.07, 6.45) is 0. The van der Waals surface area contributed by atoms with E-state index in [0.717, 1.165) is 17.8 Å². The summed E-state index contributed by atoms with van der Waals surface area (Å²) < 4.78 is 51.0. The minimum absolute atomic E-state index is 0.0130. The molecule has 0 fully saturated rings. The van der Waals surface area contributed by atoms with Gasteiger partial charge in [-0.1, -0.05) is 0 Å². The zero-order valence-corrected chi connectivity index (χ0v) is 18.9. The van der Waals surface area contributed by atoms with Crippen molar-refractivity contribution >= 4 is 27.3 Å². The number of methoxy groups -OCH3 is 2. The summed E-state index contributed by atoms with van der Waals surface area (Å²) in [5.41, 5.74) is 2.00. The van der Waals surface area contributed by atoms with Gasteiger partial charge in [0, 0.05) is 52.8 Å². The summed E-state index contributed by atoms with van der Waals surface area (Å²) in [4.78, 5) is 13.7. The SMILES string of the molecule is COCCN(Cc1cc(NC(=O)COC)ccc1N(C)C)S(=O)(=O)c1ccc(F)cc1. The number of rotatable bonds is 11. The number of carbonyl (C=O) groups excluding carboxylic acids is 1. The molecule has 0 aliphatic carbocycles. The lowest BCUT2D eigenvalue weighted by Gasteiger charge is -2.25. The fourth-order valence-corrected chi connectivity index (χ4v) is 4.38.